The zero-order chi connectivity index (χ0) is 14.4. The molecule has 6 heteroatoms. The summed E-state index contributed by atoms with van der Waals surface area (Å²) >= 11 is 1.71. The molecule has 0 spiro atoms. The summed E-state index contributed by atoms with van der Waals surface area (Å²) in [5.74, 6) is 0.599. The van der Waals surface area contributed by atoms with E-state index in [1.807, 2.05) is 19.1 Å². The van der Waals surface area contributed by atoms with Gasteiger partial charge in [-0.25, -0.2) is 0 Å². The van der Waals surface area contributed by atoms with E-state index in [-0.39, 0.29) is 6.04 Å². The smallest absolute Gasteiger partial charge is 0.320 e. The quantitative estimate of drug-likeness (QED) is 0.760. The van der Waals surface area contributed by atoms with E-state index in [2.05, 4.69) is 46.1 Å². The molecular weight excluding hydrogens is 272 g/mol. The van der Waals surface area contributed by atoms with Gasteiger partial charge in [-0.05, 0) is 50.4 Å². The van der Waals surface area contributed by atoms with Crippen molar-refractivity contribution < 1.29 is 4.42 Å². The van der Waals surface area contributed by atoms with Crippen LogP contribution in [0.25, 0.3) is 0 Å². The molecule has 0 amide bonds. The fourth-order valence-electron chi connectivity index (χ4n) is 1.71. The van der Waals surface area contributed by atoms with E-state index in [1.54, 1.807) is 11.8 Å². The van der Waals surface area contributed by atoms with E-state index in [4.69, 9.17) is 4.42 Å². The molecule has 0 aliphatic rings. The average Bonchev–Trinajstić information content (AvgIpc) is 2.94. The molecular formula is C14H20N4OS. The number of nitrogens with one attached hydrogen (secondary N) is 2. The van der Waals surface area contributed by atoms with Crippen LogP contribution in [0.5, 0.6) is 0 Å². The van der Waals surface area contributed by atoms with Crippen LogP contribution in [0.15, 0.2) is 33.6 Å². The standard InChI is InChI=1S/C14H20N4OS/c1-4-9-15-10(2)13-17-18-14(19-13)16-11-5-7-12(20-3)8-6-11/h5-8,10,15H,4,9H2,1-3H3,(H,16,18). The van der Waals surface area contributed by atoms with Crippen LogP contribution >= 0.6 is 11.8 Å². The molecule has 0 radical (unpaired) electrons. The van der Waals surface area contributed by atoms with Crippen LogP contribution in [0.4, 0.5) is 11.7 Å². The highest BCUT2D eigenvalue weighted by molar-refractivity contribution is 7.98. The van der Waals surface area contributed by atoms with E-state index < -0.39 is 0 Å². The summed E-state index contributed by atoms with van der Waals surface area (Å²) in [6.07, 6.45) is 3.13. The lowest BCUT2D eigenvalue weighted by Crippen LogP contribution is -2.19. The fourth-order valence-corrected chi connectivity index (χ4v) is 2.11. The Morgan fingerprint density at radius 1 is 1.25 bits per heavy atom. The Bertz CT molecular complexity index is 526. The first-order chi connectivity index (χ1) is 9.72. The molecule has 0 aliphatic carbocycles. The van der Waals surface area contributed by atoms with Crippen molar-refractivity contribution in [1.29, 1.82) is 0 Å². The maximum Gasteiger partial charge on any atom is 0.320 e. The second-order valence-electron chi connectivity index (χ2n) is 4.47. The first kappa shape index (κ1) is 14.9. The van der Waals surface area contributed by atoms with Gasteiger partial charge in [-0.3, -0.25) is 0 Å². The Morgan fingerprint density at radius 3 is 2.65 bits per heavy atom. The van der Waals surface area contributed by atoms with E-state index in [0.717, 1.165) is 18.7 Å². The predicted octanol–water partition coefficient (Wildman–Crippen LogP) is 3.60. The van der Waals surface area contributed by atoms with Crippen LogP contribution in [0.3, 0.4) is 0 Å². The maximum atomic E-state index is 5.60. The van der Waals surface area contributed by atoms with Crippen molar-refractivity contribution in [2.75, 3.05) is 18.1 Å². The van der Waals surface area contributed by atoms with Gasteiger partial charge in [0.2, 0.25) is 5.89 Å². The third-order valence-electron chi connectivity index (χ3n) is 2.85. The maximum absolute atomic E-state index is 5.60. The number of hydrogen-bond acceptors (Lipinski definition) is 6. The molecule has 1 aromatic carbocycles. The Kier molecular flexibility index (Phi) is 5.43. The van der Waals surface area contributed by atoms with Gasteiger partial charge in [0.25, 0.3) is 0 Å². The van der Waals surface area contributed by atoms with E-state index >= 15 is 0 Å². The number of hydrogen-bond donors (Lipinski definition) is 2. The Hall–Kier alpha value is -1.53. The number of aromatic nitrogens is 2. The monoisotopic (exact) mass is 292 g/mol. The fraction of sp³-hybridized carbons (Fsp3) is 0.429. The summed E-state index contributed by atoms with van der Waals surface area (Å²) in [5.41, 5.74) is 0.937. The van der Waals surface area contributed by atoms with Crippen molar-refractivity contribution in [3.05, 3.63) is 30.2 Å². The summed E-state index contributed by atoms with van der Waals surface area (Å²) in [7, 11) is 0. The molecule has 2 N–H and O–H groups in total. The molecule has 20 heavy (non-hydrogen) atoms. The van der Waals surface area contributed by atoms with Gasteiger partial charge in [0.15, 0.2) is 0 Å². The molecule has 1 heterocycles. The van der Waals surface area contributed by atoms with Crippen LogP contribution in [-0.4, -0.2) is 23.0 Å². The van der Waals surface area contributed by atoms with Gasteiger partial charge < -0.3 is 15.1 Å². The third-order valence-corrected chi connectivity index (χ3v) is 3.60. The number of anilines is 2. The van der Waals surface area contributed by atoms with Crippen molar-refractivity contribution in [3.8, 4) is 0 Å². The summed E-state index contributed by atoms with van der Waals surface area (Å²) in [5, 5.41) is 14.5. The van der Waals surface area contributed by atoms with Crippen LogP contribution in [-0.2, 0) is 0 Å². The summed E-state index contributed by atoms with van der Waals surface area (Å²) in [6, 6.07) is 8.58. The molecule has 0 aliphatic heterocycles. The molecule has 2 rings (SSSR count). The second-order valence-corrected chi connectivity index (χ2v) is 5.35. The second kappa shape index (κ2) is 7.31. The zero-order valence-corrected chi connectivity index (χ0v) is 12.8. The average molecular weight is 292 g/mol. The number of rotatable bonds is 7. The van der Waals surface area contributed by atoms with Crippen molar-refractivity contribution >= 4 is 23.5 Å². The predicted molar refractivity (Wildman–Crippen MR) is 82.5 cm³/mol. The van der Waals surface area contributed by atoms with Crippen molar-refractivity contribution in [3.63, 3.8) is 0 Å². The molecule has 1 unspecified atom stereocenters. The third kappa shape index (κ3) is 3.98. The highest BCUT2D eigenvalue weighted by Crippen LogP contribution is 2.21. The molecule has 0 saturated carbocycles. The first-order valence-corrected chi connectivity index (χ1v) is 7.93. The molecule has 0 saturated heterocycles. The van der Waals surface area contributed by atoms with Gasteiger partial charge >= 0.3 is 6.01 Å². The molecule has 2 aromatic rings. The largest absolute Gasteiger partial charge is 0.406 e. The Labute approximate surface area is 123 Å². The minimum Gasteiger partial charge on any atom is -0.406 e. The van der Waals surface area contributed by atoms with Gasteiger partial charge in [0, 0.05) is 10.6 Å². The van der Waals surface area contributed by atoms with Gasteiger partial charge in [-0.1, -0.05) is 12.0 Å². The number of nitrogens with zero attached hydrogens (tertiary/aromatic N) is 2. The zero-order valence-electron chi connectivity index (χ0n) is 12.0. The van der Waals surface area contributed by atoms with E-state index in [9.17, 15) is 0 Å². The van der Waals surface area contributed by atoms with Crippen LogP contribution in [0, 0.1) is 0 Å². The number of thioether (sulfide) groups is 1. The van der Waals surface area contributed by atoms with Crippen LogP contribution < -0.4 is 10.6 Å². The first-order valence-electron chi connectivity index (χ1n) is 6.70. The van der Waals surface area contributed by atoms with Crippen molar-refractivity contribution in [1.82, 2.24) is 15.5 Å². The van der Waals surface area contributed by atoms with Gasteiger partial charge in [0.1, 0.15) is 0 Å². The van der Waals surface area contributed by atoms with E-state index in [0.29, 0.717) is 11.9 Å². The molecule has 108 valence electrons. The molecule has 1 atom stereocenters. The highest BCUT2D eigenvalue weighted by atomic mass is 32.2. The summed E-state index contributed by atoms with van der Waals surface area (Å²) in [4.78, 5) is 1.22. The summed E-state index contributed by atoms with van der Waals surface area (Å²) < 4.78 is 5.60. The molecule has 5 nitrogen and oxygen atoms in total. The lowest BCUT2D eigenvalue weighted by atomic mass is 10.3. The summed E-state index contributed by atoms with van der Waals surface area (Å²) in [6.45, 7) is 5.07. The van der Waals surface area contributed by atoms with Crippen LogP contribution in [0.1, 0.15) is 32.2 Å². The lowest BCUT2D eigenvalue weighted by molar-refractivity contribution is 0.424. The Balaban J connectivity index is 1.97. The SMILES string of the molecule is CCCNC(C)c1nnc(Nc2ccc(SC)cc2)o1. The van der Waals surface area contributed by atoms with Crippen molar-refractivity contribution in [2.24, 2.45) is 0 Å². The van der Waals surface area contributed by atoms with Crippen LogP contribution in [0.2, 0.25) is 0 Å². The minimum atomic E-state index is 0.0665. The lowest BCUT2D eigenvalue weighted by Gasteiger charge is -2.07. The number of benzene rings is 1. The normalized spacial score (nSPS) is 12.3. The van der Waals surface area contributed by atoms with Gasteiger partial charge in [-0.2, -0.15) is 0 Å². The molecule has 0 fully saturated rings. The van der Waals surface area contributed by atoms with Crippen molar-refractivity contribution in [2.45, 2.75) is 31.2 Å². The van der Waals surface area contributed by atoms with Gasteiger partial charge in [-0.15, -0.1) is 16.9 Å². The molecule has 1 aromatic heterocycles. The van der Waals surface area contributed by atoms with E-state index in [1.165, 1.54) is 4.90 Å². The topological polar surface area (TPSA) is 63.0 Å². The van der Waals surface area contributed by atoms with Gasteiger partial charge in [0.05, 0.1) is 6.04 Å². The minimum absolute atomic E-state index is 0.0665. The Morgan fingerprint density at radius 2 is 2.00 bits per heavy atom. The molecule has 0 bridgehead atoms. The highest BCUT2D eigenvalue weighted by Gasteiger charge is 2.12.